The summed E-state index contributed by atoms with van der Waals surface area (Å²) in [6, 6.07) is 17.3. The van der Waals surface area contributed by atoms with Crippen molar-refractivity contribution < 1.29 is 14.7 Å². The second-order valence-electron chi connectivity index (χ2n) is 6.30. The van der Waals surface area contributed by atoms with Crippen LogP contribution in [0.2, 0.25) is 0 Å². The standard InChI is InChI=1S/C20H22N2O3/c23-19(24)11-10-17(14-15-6-2-1-3-7-15)21-20(25)22-13-12-16-8-4-5-9-18(16)22/h1-9,17H,10-14H2,(H,21,25)(H,23,24). The molecule has 2 aromatic carbocycles. The number of carbonyl (C=O) groups excluding carboxylic acids is 1. The number of aliphatic carboxylic acids is 1. The van der Waals surface area contributed by atoms with Gasteiger partial charge in [-0.1, -0.05) is 48.5 Å². The zero-order valence-electron chi connectivity index (χ0n) is 14.0. The van der Waals surface area contributed by atoms with Crippen molar-refractivity contribution in [2.45, 2.75) is 31.7 Å². The van der Waals surface area contributed by atoms with Crippen LogP contribution >= 0.6 is 0 Å². The third kappa shape index (κ3) is 4.38. The first-order valence-corrected chi connectivity index (χ1v) is 8.55. The van der Waals surface area contributed by atoms with Crippen molar-refractivity contribution in [2.75, 3.05) is 11.4 Å². The van der Waals surface area contributed by atoms with Gasteiger partial charge in [0.25, 0.3) is 0 Å². The van der Waals surface area contributed by atoms with Gasteiger partial charge in [-0.15, -0.1) is 0 Å². The predicted octanol–water partition coefficient (Wildman–Crippen LogP) is 3.23. The van der Waals surface area contributed by atoms with Gasteiger partial charge in [-0.25, -0.2) is 4.79 Å². The average Bonchev–Trinajstić information content (AvgIpc) is 3.04. The first-order valence-electron chi connectivity index (χ1n) is 8.55. The van der Waals surface area contributed by atoms with Gasteiger partial charge in [-0.3, -0.25) is 9.69 Å². The molecule has 0 fully saturated rings. The Morgan fingerprint density at radius 2 is 1.80 bits per heavy atom. The molecule has 0 aromatic heterocycles. The lowest BCUT2D eigenvalue weighted by atomic mass is 10.0. The van der Waals surface area contributed by atoms with Gasteiger partial charge in [0.2, 0.25) is 0 Å². The number of carbonyl (C=O) groups is 2. The maximum absolute atomic E-state index is 12.7. The van der Waals surface area contributed by atoms with Crippen molar-refractivity contribution in [1.82, 2.24) is 5.32 Å². The zero-order chi connectivity index (χ0) is 17.6. The van der Waals surface area contributed by atoms with Crippen molar-refractivity contribution in [2.24, 2.45) is 0 Å². The Morgan fingerprint density at radius 1 is 1.08 bits per heavy atom. The quantitative estimate of drug-likeness (QED) is 0.849. The third-order valence-corrected chi connectivity index (χ3v) is 4.49. The molecule has 1 aliphatic rings. The highest BCUT2D eigenvalue weighted by Gasteiger charge is 2.26. The van der Waals surface area contributed by atoms with E-state index in [9.17, 15) is 9.59 Å². The summed E-state index contributed by atoms with van der Waals surface area (Å²) >= 11 is 0. The van der Waals surface area contributed by atoms with Crippen LogP contribution in [-0.2, 0) is 17.6 Å². The monoisotopic (exact) mass is 338 g/mol. The number of urea groups is 1. The summed E-state index contributed by atoms with van der Waals surface area (Å²) in [5, 5.41) is 12.0. The molecule has 0 saturated heterocycles. The molecule has 0 radical (unpaired) electrons. The van der Waals surface area contributed by atoms with Crippen LogP contribution in [-0.4, -0.2) is 29.7 Å². The SMILES string of the molecule is O=C(O)CCC(Cc1ccccc1)NC(=O)N1CCc2ccccc21. The molecule has 1 aliphatic heterocycles. The minimum absolute atomic E-state index is 0.0361. The lowest BCUT2D eigenvalue weighted by molar-refractivity contribution is -0.137. The summed E-state index contributed by atoms with van der Waals surface area (Å²) in [6.45, 7) is 0.655. The van der Waals surface area contributed by atoms with E-state index in [0.29, 0.717) is 19.4 Å². The maximum atomic E-state index is 12.7. The van der Waals surface area contributed by atoms with Gasteiger partial charge in [0, 0.05) is 24.7 Å². The molecule has 0 bridgehead atoms. The van der Waals surface area contributed by atoms with Crippen LogP contribution in [0.1, 0.15) is 24.0 Å². The first-order chi connectivity index (χ1) is 12.1. The highest BCUT2D eigenvalue weighted by molar-refractivity contribution is 5.94. The summed E-state index contributed by atoms with van der Waals surface area (Å²) in [4.78, 5) is 25.4. The highest BCUT2D eigenvalue weighted by atomic mass is 16.4. The molecule has 5 heteroatoms. The van der Waals surface area contributed by atoms with E-state index in [1.54, 1.807) is 4.90 Å². The van der Waals surface area contributed by atoms with Crippen molar-refractivity contribution in [3.05, 3.63) is 65.7 Å². The van der Waals surface area contributed by atoms with Gasteiger partial charge >= 0.3 is 12.0 Å². The lowest BCUT2D eigenvalue weighted by Crippen LogP contribution is -2.45. The molecule has 2 aromatic rings. The van der Waals surface area contributed by atoms with E-state index in [1.165, 1.54) is 5.56 Å². The van der Waals surface area contributed by atoms with E-state index in [2.05, 4.69) is 5.32 Å². The molecule has 0 spiro atoms. The van der Waals surface area contributed by atoms with Crippen LogP contribution in [0, 0.1) is 0 Å². The van der Waals surface area contributed by atoms with E-state index in [0.717, 1.165) is 17.7 Å². The van der Waals surface area contributed by atoms with Gasteiger partial charge < -0.3 is 10.4 Å². The number of para-hydroxylation sites is 1. The van der Waals surface area contributed by atoms with Gasteiger partial charge in [-0.05, 0) is 36.5 Å². The summed E-state index contributed by atoms with van der Waals surface area (Å²) in [5.74, 6) is -0.848. The number of anilines is 1. The van der Waals surface area contributed by atoms with Crippen LogP contribution in [0.15, 0.2) is 54.6 Å². The van der Waals surface area contributed by atoms with Crippen molar-refractivity contribution in [3.63, 3.8) is 0 Å². The van der Waals surface area contributed by atoms with Gasteiger partial charge in [0.1, 0.15) is 0 Å². The molecule has 0 saturated carbocycles. The molecule has 25 heavy (non-hydrogen) atoms. The minimum Gasteiger partial charge on any atom is -0.481 e. The topological polar surface area (TPSA) is 69.6 Å². The Hall–Kier alpha value is -2.82. The van der Waals surface area contributed by atoms with E-state index in [-0.39, 0.29) is 18.5 Å². The Labute approximate surface area is 147 Å². The minimum atomic E-state index is -0.848. The predicted molar refractivity (Wildman–Crippen MR) is 96.8 cm³/mol. The molecule has 2 amide bonds. The summed E-state index contributed by atoms with van der Waals surface area (Å²) in [5.41, 5.74) is 3.19. The lowest BCUT2D eigenvalue weighted by Gasteiger charge is -2.24. The summed E-state index contributed by atoms with van der Waals surface area (Å²) in [6.07, 6.45) is 1.91. The molecule has 130 valence electrons. The number of benzene rings is 2. The van der Waals surface area contributed by atoms with Crippen LogP contribution < -0.4 is 10.2 Å². The largest absolute Gasteiger partial charge is 0.481 e. The second kappa shape index (κ2) is 7.83. The van der Waals surface area contributed by atoms with Crippen LogP contribution in [0.25, 0.3) is 0 Å². The fourth-order valence-electron chi connectivity index (χ4n) is 3.22. The van der Waals surface area contributed by atoms with Crippen molar-refractivity contribution in [3.8, 4) is 0 Å². The number of rotatable bonds is 6. The zero-order valence-corrected chi connectivity index (χ0v) is 14.0. The summed E-state index contributed by atoms with van der Waals surface area (Å²) in [7, 11) is 0. The number of carboxylic acids is 1. The molecular formula is C20H22N2O3. The number of carboxylic acid groups (broad SMARTS) is 1. The average molecular weight is 338 g/mol. The third-order valence-electron chi connectivity index (χ3n) is 4.49. The van der Waals surface area contributed by atoms with Crippen LogP contribution in [0.5, 0.6) is 0 Å². The Morgan fingerprint density at radius 3 is 2.56 bits per heavy atom. The Bertz CT molecular complexity index is 746. The highest BCUT2D eigenvalue weighted by Crippen LogP contribution is 2.27. The number of amides is 2. The Balaban J connectivity index is 1.69. The van der Waals surface area contributed by atoms with E-state index in [4.69, 9.17) is 5.11 Å². The number of hydrogen-bond donors (Lipinski definition) is 2. The molecular weight excluding hydrogens is 316 g/mol. The number of fused-ring (bicyclic) bond motifs is 1. The van der Waals surface area contributed by atoms with Crippen LogP contribution in [0.4, 0.5) is 10.5 Å². The number of hydrogen-bond acceptors (Lipinski definition) is 2. The normalized spacial score (nSPS) is 14.0. The molecule has 5 nitrogen and oxygen atoms in total. The molecule has 0 aliphatic carbocycles. The van der Waals surface area contributed by atoms with Crippen LogP contribution in [0.3, 0.4) is 0 Å². The van der Waals surface area contributed by atoms with Gasteiger partial charge in [0.15, 0.2) is 0 Å². The second-order valence-corrected chi connectivity index (χ2v) is 6.30. The van der Waals surface area contributed by atoms with E-state index in [1.807, 2.05) is 54.6 Å². The van der Waals surface area contributed by atoms with Crippen molar-refractivity contribution in [1.29, 1.82) is 0 Å². The molecule has 1 unspecified atom stereocenters. The fourth-order valence-corrected chi connectivity index (χ4v) is 3.22. The van der Waals surface area contributed by atoms with E-state index < -0.39 is 5.97 Å². The molecule has 1 heterocycles. The molecule has 2 N–H and O–H groups in total. The van der Waals surface area contributed by atoms with E-state index >= 15 is 0 Å². The number of nitrogens with one attached hydrogen (secondary N) is 1. The van der Waals surface area contributed by atoms with Gasteiger partial charge in [0.05, 0.1) is 0 Å². The fraction of sp³-hybridized carbons (Fsp3) is 0.300. The Kier molecular flexibility index (Phi) is 5.33. The van der Waals surface area contributed by atoms with Crippen molar-refractivity contribution >= 4 is 17.7 Å². The smallest absolute Gasteiger partial charge is 0.322 e. The summed E-state index contributed by atoms with van der Waals surface area (Å²) < 4.78 is 0. The molecule has 1 atom stereocenters. The van der Waals surface area contributed by atoms with Gasteiger partial charge in [-0.2, -0.15) is 0 Å². The first kappa shape index (κ1) is 17.0. The number of nitrogens with zero attached hydrogens (tertiary/aromatic N) is 1. The molecule has 3 rings (SSSR count). The maximum Gasteiger partial charge on any atom is 0.322 e.